The van der Waals surface area contributed by atoms with Gasteiger partial charge in [-0.15, -0.1) is 0 Å². The van der Waals surface area contributed by atoms with E-state index in [0.717, 1.165) is 35.9 Å². The van der Waals surface area contributed by atoms with Crippen LogP contribution in [0.15, 0.2) is 30.3 Å². The van der Waals surface area contributed by atoms with E-state index in [2.05, 4.69) is 10.00 Å². The van der Waals surface area contributed by atoms with Crippen molar-refractivity contribution in [1.82, 2.24) is 14.7 Å². The van der Waals surface area contributed by atoms with E-state index < -0.39 is 0 Å². The van der Waals surface area contributed by atoms with Crippen LogP contribution in [0.5, 0.6) is 0 Å². The summed E-state index contributed by atoms with van der Waals surface area (Å²) in [5.74, 6) is 0.0542. The number of carbonyl (C=O) groups is 1. The van der Waals surface area contributed by atoms with E-state index in [4.69, 9.17) is 11.6 Å². The Bertz CT molecular complexity index is 704. The number of aromatic nitrogens is 2. The van der Waals surface area contributed by atoms with Crippen LogP contribution >= 0.6 is 11.6 Å². The van der Waals surface area contributed by atoms with Gasteiger partial charge in [0.2, 0.25) is 0 Å². The molecule has 0 atom stereocenters. The first-order chi connectivity index (χ1) is 11.1. The maximum atomic E-state index is 12.7. The van der Waals surface area contributed by atoms with Gasteiger partial charge in [0.05, 0.1) is 16.4 Å². The van der Waals surface area contributed by atoms with Crippen LogP contribution in [0.2, 0.25) is 5.02 Å². The fourth-order valence-corrected chi connectivity index (χ4v) is 3.18. The number of carbonyl (C=O) groups excluding carboxylic acids is 1. The minimum atomic E-state index is 0.0542. The van der Waals surface area contributed by atoms with Crippen molar-refractivity contribution in [2.45, 2.75) is 13.3 Å². The van der Waals surface area contributed by atoms with Crippen molar-refractivity contribution in [3.63, 3.8) is 0 Å². The van der Waals surface area contributed by atoms with Gasteiger partial charge in [0.25, 0.3) is 5.91 Å². The van der Waals surface area contributed by atoms with Crippen molar-refractivity contribution in [1.29, 1.82) is 0 Å². The molecule has 6 heteroatoms. The predicted molar refractivity (Wildman–Crippen MR) is 92.2 cm³/mol. The van der Waals surface area contributed by atoms with Gasteiger partial charge in [-0.05, 0) is 24.6 Å². The quantitative estimate of drug-likeness (QED) is 0.867. The molecule has 1 saturated heterocycles. The lowest BCUT2D eigenvalue weighted by molar-refractivity contribution is 0.0735. The molecule has 0 saturated carbocycles. The summed E-state index contributed by atoms with van der Waals surface area (Å²) in [7, 11) is 1.83. The number of rotatable bonds is 3. The third-order valence-electron chi connectivity index (χ3n) is 4.27. The van der Waals surface area contributed by atoms with Gasteiger partial charge in [-0.2, -0.15) is 5.10 Å². The Balaban J connectivity index is 1.68. The Labute approximate surface area is 141 Å². The number of para-hydroxylation sites is 1. The number of aryl methyl sites for hydroxylation is 2. The molecule has 1 aromatic carbocycles. The standard InChI is InChI=1S/C17H21ClN4O/c1-3-13-12-16(20(2)19-13)17(23)22-10-8-21(9-11-22)15-7-5-4-6-14(15)18/h4-7,12H,3,8-11H2,1-2H3. The summed E-state index contributed by atoms with van der Waals surface area (Å²) in [6, 6.07) is 9.73. The Morgan fingerprint density at radius 2 is 1.91 bits per heavy atom. The third-order valence-corrected chi connectivity index (χ3v) is 4.59. The van der Waals surface area contributed by atoms with E-state index in [-0.39, 0.29) is 5.91 Å². The summed E-state index contributed by atoms with van der Waals surface area (Å²) >= 11 is 6.26. The lowest BCUT2D eigenvalue weighted by Gasteiger charge is -2.36. The molecule has 1 aliphatic rings. The highest BCUT2D eigenvalue weighted by molar-refractivity contribution is 6.33. The molecular formula is C17H21ClN4O. The topological polar surface area (TPSA) is 41.4 Å². The molecule has 0 bridgehead atoms. The van der Waals surface area contributed by atoms with Gasteiger partial charge in [0.15, 0.2) is 0 Å². The van der Waals surface area contributed by atoms with Crippen molar-refractivity contribution in [2.24, 2.45) is 7.05 Å². The van der Waals surface area contributed by atoms with Gasteiger partial charge in [0.1, 0.15) is 5.69 Å². The summed E-state index contributed by atoms with van der Waals surface area (Å²) in [5, 5.41) is 5.12. The molecule has 1 amide bonds. The number of nitrogens with zero attached hydrogens (tertiary/aromatic N) is 4. The SMILES string of the molecule is CCc1cc(C(=O)N2CCN(c3ccccc3Cl)CC2)n(C)n1. The van der Waals surface area contributed by atoms with Crippen LogP contribution in [0.25, 0.3) is 0 Å². The van der Waals surface area contributed by atoms with Gasteiger partial charge in [-0.3, -0.25) is 9.48 Å². The number of piperazine rings is 1. The first-order valence-electron chi connectivity index (χ1n) is 7.92. The van der Waals surface area contributed by atoms with Gasteiger partial charge in [0, 0.05) is 33.2 Å². The number of amides is 1. The number of hydrogen-bond acceptors (Lipinski definition) is 3. The fraction of sp³-hybridized carbons (Fsp3) is 0.412. The maximum Gasteiger partial charge on any atom is 0.272 e. The Kier molecular flexibility index (Phi) is 4.57. The summed E-state index contributed by atoms with van der Waals surface area (Å²) in [4.78, 5) is 16.8. The van der Waals surface area contributed by atoms with Crippen molar-refractivity contribution < 1.29 is 4.79 Å². The summed E-state index contributed by atoms with van der Waals surface area (Å²) in [6.07, 6.45) is 0.835. The Morgan fingerprint density at radius 3 is 2.52 bits per heavy atom. The van der Waals surface area contributed by atoms with Gasteiger partial charge < -0.3 is 9.80 Å². The molecule has 5 nitrogen and oxygen atoms in total. The number of benzene rings is 1. The van der Waals surface area contributed by atoms with Crippen LogP contribution in [0.3, 0.4) is 0 Å². The average Bonchev–Trinajstić information content (AvgIpc) is 2.96. The molecule has 1 fully saturated rings. The second kappa shape index (κ2) is 6.62. The molecular weight excluding hydrogens is 312 g/mol. The second-order valence-electron chi connectivity index (χ2n) is 5.73. The molecule has 1 aliphatic heterocycles. The summed E-state index contributed by atoms with van der Waals surface area (Å²) < 4.78 is 1.68. The highest BCUT2D eigenvalue weighted by Gasteiger charge is 2.25. The molecule has 23 heavy (non-hydrogen) atoms. The van der Waals surface area contributed by atoms with Crippen molar-refractivity contribution in [3.05, 3.63) is 46.7 Å². The zero-order valence-corrected chi connectivity index (χ0v) is 14.3. The molecule has 0 N–H and O–H groups in total. The van der Waals surface area contributed by atoms with Crippen LogP contribution in [0, 0.1) is 0 Å². The lowest BCUT2D eigenvalue weighted by atomic mass is 10.2. The van der Waals surface area contributed by atoms with Crippen LogP contribution in [-0.2, 0) is 13.5 Å². The van der Waals surface area contributed by atoms with E-state index >= 15 is 0 Å². The highest BCUT2D eigenvalue weighted by atomic mass is 35.5. The molecule has 1 aromatic heterocycles. The van der Waals surface area contributed by atoms with E-state index in [1.165, 1.54) is 0 Å². The van der Waals surface area contributed by atoms with E-state index in [1.807, 2.05) is 49.2 Å². The first kappa shape index (κ1) is 15.9. The van der Waals surface area contributed by atoms with Gasteiger partial charge in [-0.25, -0.2) is 0 Å². The van der Waals surface area contributed by atoms with Gasteiger partial charge >= 0.3 is 0 Å². The van der Waals surface area contributed by atoms with Crippen LogP contribution < -0.4 is 4.90 Å². The molecule has 0 unspecified atom stereocenters. The van der Waals surface area contributed by atoms with E-state index in [9.17, 15) is 4.79 Å². The van der Waals surface area contributed by atoms with Gasteiger partial charge in [-0.1, -0.05) is 30.7 Å². The van der Waals surface area contributed by atoms with Crippen LogP contribution in [-0.4, -0.2) is 46.8 Å². The van der Waals surface area contributed by atoms with Crippen molar-refractivity contribution in [2.75, 3.05) is 31.1 Å². The van der Waals surface area contributed by atoms with Crippen LogP contribution in [0.4, 0.5) is 5.69 Å². The fourth-order valence-electron chi connectivity index (χ4n) is 2.92. The average molecular weight is 333 g/mol. The third kappa shape index (κ3) is 3.20. The number of halogens is 1. The zero-order chi connectivity index (χ0) is 16.4. The summed E-state index contributed by atoms with van der Waals surface area (Å²) in [6.45, 7) is 4.99. The van der Waals surface area contributed by atoms with E-state index in [1.54, 1.807) is 4.68 Å². The maximum absolute atomic E-state index is 12.7. The molecule has 0 aliphatic carbocycles. The zero-order valence-electron chi connectivity index (χ0n) is 13.5. The molecule has 122 valence electrons. The lowest BCUT2D eigenvalue weighted by Crippen LogP contribution is -2.49. The molecule has 2 heterocycles. The monoisotopic (exact) mass is 332 g/mol. The molecule has 3 rings (SSSR count). The normalized spacial score (nSPS) is 15.1. The largest absolute Gasteiger partial charge is 0.367 e. The highest BCUT2D eigenvalue weighted by Crippen LogP contribution is 2.26. The number of hydrogen-bond donors (Lipinski definition) is 0. The Hall–Kier alpha value is -2.01. The van der Waals surface area contributed by atoms with Crippen molar-refractivity contribution >= 4 is 23.2 Å². The van der Waals surface area contributed by atoms with E-state index in [0.29, 0.717) is 18.8 Å². The van der Waals surface area contributed by atoms with Crippen molar-refractivity contribution in [3.8, 4) is 0 Å². The first-order valence-corrected chi connectivity index (χ1v) is 8.29. The summed E-state index contributed by atoms with van der Waals surface area (Å²) in [5.41, 5.74) is 2.65. The molecule has 0 radical (unpaired) electrons. The minimum absolute atomic E-state index is 0.0542. The Morgan fingerprint density at radius 1 is 1.22 bits per heavy atom. The second-order valence-corrected chi connectivity index (χ2v) is 6.14. The number of anilines is 1. The molecule has 2 aromatic rings. The minimum Gasteiger partial charge on any atom is -0.367 e. The predicted octanol–water partition coefficient (Wildman–Crippen LogP) is 2.60. The van der Waals surface area contributed by atoms with Crippen LogP contribution in [0.1, 0.15) is 23.1 Å². The smallest absolute Gasteiger partial charge is 0.272 e. The molecule has 0 spiro atoms.